The van der Waals surface area contributed by atoms with Crippen molar-refractivity contribution in [1.29, 1.82) is 0 Å². The van der Waals surface area contributed by atoms with Crippen LogP contribution < -0.4 is 0 Å². The molecule has 1 rings (SSSR count). The highest BCUT2D eigenvalue weighted by atomic mass is 16.7. The molecule has 0 spiro atoms. The van der Waals surface area contributed by atoms with Crippen molar-refractivity contribution in [3.8, 4) is 0 Å². The van der Waals surface area contributed by atoms with Crippen LogP contribution in [0.25, 0.3) is 0 Å². The maximum absolute atomic E-state index is 5.88. The summed E-state index contributed by atoms with van der Waals surface area (Å²) in [5, 5.41) is 0. The fraction of sp³-hybridized carbons (Fsp3) is 1.00. The van der Waals surface area contributed by atoms with Crippen LogP contribution in [0.2, 0.25) is 0 Å². The zero-order valence-electron chi connectivity index (χ0n) is 11.6. The second kappa shape index (κ2) is 6.02. The highest BCUT2D eigenvalue weighted by Gasteiger charge is 2.38. The summed E-state index contributed by atoms with van der Waals surface area (Å²) in [6.45, 7) is 12.9. The van der Waals surface area contributed by atoms with E-state index in [1.807, 2.05) is 0 Å². The van der Waals surface area contributed by atoms with E-state index in [0.717, 1.165) is 32.0 Å². The van der Waals surface area contributed by atoms with Gasteiger partial charge in [-0.3, -0.25) is 0 Å². The Kier molecular flexibility index (Phi) is 5.26. The Labute approximate surface area is 101 Å². The zero-order valence-corrected chi connectivity index (χ0v) is 11.6. The fourth-order valence-electron chi connectivity index (χ4n) is 2.86. The largest absolute Gasteiger partial charge is 0.348 e. The second-order valence-electron chi connectivity index (χ2n) is 6.14. The van der Waals surface area contributed by atoms with Crippen molar-refractivity contribution in [2.75, 3.05) is 13.2 Å². The maximum atomic E-state index is 5.88. The predicted molar refractivity (Wildman–Crippen MR) is 67.3 cm³/mol. The summed E-state index contributed by atoms with van der Waals surface area (Å²) in [5.41, 5.74) is 0. The first kappa shape index (κ1) is 14.0. The van der Waals surface area contributed by atoms with Crippen molar-refractivity contribution >= 4 is 0 Å². The first-order valence-corrected chi connectivity index (χ1v) is 6.71. The van der Waals surface area contributed by atoms with Crippen molar-refractivity contribution in [3.05, 3.63) is 0 Å². The molecule has 1 unspecified atom stereocenters. The second-order valence-corrected chi connectivity index (χ2v) is 6.14. The van der Waals surface area contributed by atoms with Gasteiger partial charge in [0.05, 0.1) is 13.2 Å². The molecule has 0 aromatic heterocycles. The minimum Gasteiger partial charge on any atom is -0.348 e. The first-order chi connectivity index (χ1) is 7.43. The van der Waals surface area contributed by atoms with E-state index in [1.54, 1.807) is 0 Å². The van der Waals surface area contributed by atoms with E-state index in [-0.39, 0.29) is 5.79 Å². The lowest BCUT2D eigenvalue weighted by atomic mass is 9.88. The van der Waals surface area contributed by atoms with Crippen LogP contribution >= 0.6 is 0 Å². The van der Waals surface area contributed by atoms with Crippen LogP contribution in [0.15, 0.2) is 0 Å². The van der Waals surface area contributed by atoms with Crippen LogP contribution in [-0.2, 0) is 9.47 Å². The molecule has 16 heavy (non-hydrogen) atoms. The van der Waals surface area contributed by atoms with Crippen LogP contribution in [0, 0.1) is 17.8 Å². The third kappa shape index (κ3) is 4.42. The van der Waals surface area contributed by atoms with E-state index in [0.29, 0.717) is 11.8 Å². The Balaban J connectivity index is 2.50. The van der Waals surface area contributed by atoms with Crippen LogP contribution in [-0.4, -0.2) is 19.0 Å². The molecule has 0 amide bonds. The zero-order chi connectivity index (χ0) is 12.2. The molecule has 96 valence electrons. The van der Waals surface area contributed by atoms with Gasteiger partial charge in [0.2, 0.25) is 0 Å². The van der Waals surface area contributed by atoms with Gasteiger partial charge in [-0.2, -0.15) is 0 Å². The molecule has 0 radical (unpaired) electrons. The Bertz CT molecular complexity index is 193. The molecule has 2 nitrogen and oxygen atoms in total. The Morgan fingerprint density at radius 2 is 1.44 bits per heavy atom. The van der Waals surface area contributed by atoms with Gasteiger partial charge in [0.1, 0.15) is 0 Å². The van der Waals surface area contributed by atoms with E-state index in [9.17, 15) is 0 Å². The third-order valence-corrected chi connectivity index (χ3v) is 3.07. The number of hydrogen-bond donors (Lipinski definition) is 0. The summed E-state index contributed by atoms with van der Waals surface area (Å²) in [5.74, 6) is 1.79. The standard InChI is InChI=1S/C14H28O2/c1-11(2)8-13(5)10-14(9-12(3)4)15-6-7-16-14/h11-13H,6-10H2,1-5H3. The number of hydrogen-bond acceptors (Lipinski definition) is 2. The smallest absolute Gasteiger partial charge is 0.169 e. The molecule has 0 bridgehead atoms. The molecule has 0 aliphatic carbocycles. The van der Waals surface area contributed by atoms with Crippen molar-refractivity contribution in [2.45, 2.75) is 59.7 Å². The van der Waals surface area contributed by atoms with E-state index >= 15 is 0 Å². The van der Waals surface area contributed by atoms with Gasteiger partial charge in [0.25, 0.3) is 0 Å². The van der Waals surface area contributed by atoms with E-state index < -0.39 is 0 Å². The topological polar surface area (TPSA) is 18.5 Å². The lowest BCUT2D eigenvalue weighted by molar-refractivity contribution is -0.180. The molecule has 1 aliphatic rings. The van der Waals surface area contributed by atoms with Gasteiger partial charge in [-0.15, -0.1) is 0 Å². The first-order valence-electron chi connectivity index (χ1n) is 6.71. The summed E-state index contributed by atoms with van der Waals surface area (Å²) in [6, 6.07) is 0. The Morgan fingerprint density at radius 1 is 0.875 bits per heavy atom. The molecule has 1 saturated heterocycles. The van der Waals surface area contributed by atoms with E-state index in [2.05, 4.69) is 34.6 Å². The van der Waals surface area contributed by atoms with Crippen molar-refractivity contribution < 1.29 is 9.47 Å². The highest BCUT2D eigenvalue weighted by Crippen LogP contribution is 2.35. The lowest BCUT2D eigenvalue weighted by Crippen LogP contribution is -2.34. The minimum atomic E-state index is -0.275. The molecule has 0 aromatic carbocycles. The monoisotopic (exact) mass is 228 g/mol. The average Bonchev–Trinajstić information content (AvgIpc) is 2.49. The molecule has 0 saturated carbocycles. The molecule has 2 heteroatoms. The molecular weight excluding hydrogens is 200 g/mol. The molecule has 0 aromatic rings. The average molecular weight is 228 g/mol. The molecule has 0 N–H and O–H groups in total. The van der Waals surface area contributed by atoms with Crippen molar-refractivity contribution in [1.82, 2.24) is 0 Å². The summed E-state index contributed by atoms with van der Waals surface area (Å²) in [7, 11) is 0. The summed E-state index contributed by atoms with van der Waals surface area (Å²) < 4.78 is 11.8. The minimum absolute atomic E-state index is 0.275. The van der Waals surface area contributed by atoms with E-state index in [4.69, 9.17) is 9.47 Å². The van der Waals surface area contributed by atoms with Gasteiger partial charge in [0.15, 0.2) is 5.79 Å². The molecule has 1 aliphatic heterocycles. The summed E-state index contributed by atoms with van der Waals surface area (Å²) in [6.07, 6.45) is 3.32. The molecule has 1 heterocycles. The SMILES string of the molecule is CC(C)CC(C)CC1(CC(C)C)OCCO1. The van der Waals surface area contributed by atoms with Gasteiger partial charge in [-0.25, -0.2) is 0 Å². The third-order valence-electron chi connectivity index (χ3n) is 3.07. The van der Waals surface area contributed by atoms with Crippen LogP contribution in [0.1, 0.15) is 53.9 Å². The molecule has 1 fully saturated rings. The Hall–Kier alpha value is -0.0800. The summed E-state index contributed by atoms with van der Waals surface area (Å²) in [4.78, 5) is 0. The Morgan fingerprint density at radius 3 is 1.88 bits per heavy atom. The predicted octanol–water partition coefficient (Wildman–Crippen LogP) is 3.85. The highest BCUT2D eigenvalue weighted by molar-refractivity contribution is 4.78. The normalized spacial score (nSPS) is 21.9. The number of ether oxygens (including phenoxy) is 2. The van der Waals surface area contributed by atoms with Gasteiger partial charge in [-0.1, -0.05) is 34.6 Å². The molecular formula is C14H28O2. The van der Waals surface area contributed by atoms with Gasteiger partial charge >= 0.3 is 0 Å². The van der Waals surface area contributed by atoms with Gasteiger partial charge in [-0.05, 0) is 24.2 Å². The maximum Gasteiger partial charge on any atom is 0.169 e. The molecule has 1 atom stereocenters. The fourth-order valence-corrected chi connectivity index (χ4v) is 2.86. The summed E-state index contributed by atoms with van der Waals surface area (Å²) >= 11 is 0. The van der Waals surface area contributed by atoms with Crippen molar-refractivity contribution in [2.24, 2.45) is 17.8 Å². The van der Waals surface area contributed by atoms with Gasteiger partial charge in [0, 0.05) is 12.8 Å². The lowest BCUT2D eigenvalue weighted by Gasteiger charge is -2.32. The van der Waals surface area contributed by atoms with Crippen LogP contribution in [0.3, 0.4) is 0 Å². The quantitative estimate of drug-likeness (QED) is 0.687. The number of rotatable bonds is 6. The van der Waals surface area contributed by atoms with Crippen molar-refractivity contribution in [3.63, 3.8) is 0 Å². The van der Waals surface area contributed by atoms with Crippen LogP contribution in [0.5, 0.6) is 0 Å². The van der Waals surface area contributed by atoms with E-state index in [1.165, 1.54) is 6.42 Å². The van der Waals surface area contributed by atoms with Crippen LogP contribution in [0.4, 0.5) is 0 Å². The van der Waals surface area contributed by atoms with Gasteiger partial charge < -0.3 is 9.47 Å².